The topological polar surface area (TPSA) is 88.2 Å². The number of amides is 1. The van der Waals surface area contributed by atoms with E-state index >= 15 is 0 Å². The Bertz CT molecular complexity index is 915. The molecule has 0 aromatic heterocycles. The second kappa shape index (κ2) is 9.27. The Morgan fingerprint density at radius 2 is 2.00 bits per heavy atom. The molecule has 8 heteroatoms. The van der Waals surface area contributed by atoms with E-state index in [1.54, 1.807) is 17.0 Å². The van der Waals surface area contributed by atoms with Gasteiger partial charge in [-0.2, -0.15) is 5.10 Å². The third kappa shape index (κ3) is 4.83. The normalized spacial score (nSPS) is 18.3. The number of nitrogens with zero attached hydrogens (tertiary/aromatic N) is 4. The molecule has 2 aromatic rings. The van der Waals surface area contributed by atoms with E-state index in [1.165, 1.54) is 30.1 Å². The predicted molar refractivity (Wildman–Crippen MR) is 111 cm³/mol. The van der Waals surface area contributed by atoms with Crippen LogP contribution in [-0.2, 0) is 11.3 Å². The Morgan fingerprint density at radius 3 is 2.71 bits per heavy atom. The van der Waals surface area contributed by atoms with Gasteiger partial charge in [0.2, 0.25) is 5.91 Å². The zero-order valence-corrected chi connectivity index (χ0v) is 16.2. The van der Waals surface area contributed by atoms with Crippen LogP contribution in [0.15, 0.2) is 64.8 Å². The summed E-state index contributed by atoms with van der Waals surface area (Å²) >= 11 is 1.42. The molecule has 7 nitrogen and oxygen atoms in total. The number of carbonyl (C=O) groups is 1. The summed E-state index contributed by atoms with van der Waals surface area (Å²) in [6, 6.07) is 15.9. The van der Waals surface area contributed by atoms with Crippen molar-refractivity contribution in [3.05, 3.63) is 75.8 Å². The van der Waals surface area contributed by atoms with Gasteiger partial charge < -0.3 is 0 Å². The van der Waals surface area contributed by atoms with Gasteiger partial charge in [-0.25, -0.2) is 0 Å². The summed E-state index contributed by atoms with van der Waals surface area (Å²) in [5.41, 5.74) is 1.59. The van der Waals surface area contributed by atoms with Gasteiger partial charge in [-0.05, 0) is 12.0 Å². The van der Waals surface area contributed by atoms with Gasteiger partial charge >= 0.3 is 0 Å². The second-order valence-corrected chi connectivity index (χ2v) is 7.45. The van der Waals surface area contributed by atoms with Gasteiger partial charge in [0, 0.05) is 17.7 Å². The van der Waals surface area contributed by atoms with E-state index in [1.807, 2.05) is 37.3 Å². The van der Waals surface area contributed by atoms with Crippen molar-refractivity contribution in [2.75, 3.05) is 0 Å². The molecule has 0 unspecified atom stereocenters. The fraction of sp³-hybridized carbons (Fsp3) is 0.250. The van der Waals surface area contributed by atoms with Crippen LogP contribution in [0, 0.1) is 10.1 Å². The molecule has 1 saturated heterocycles. The van der Waals surface area contributed by atoms with Crippen molar-refractivity contribution >= 4 is 34.7 Å². The molecule has 1 heterocycles. The lowest BCUT2D eigenvalue weighted by atomic mass is 10.2. The van der Waals surface area contributed by atoms with Crippen molar-refractivity contribution < 1.29 is 9.72 Å². The molecule has 1 aliphatic heterocycles. The van der Waals surface area contributed by atoms with Crippen molar-refractivity contribution in [2.24, 2.45) is 10.2 Å². The molecule has 1 aliphatic rings. The number of rotatable bonds is 7. The van der Waals surface area contributed by atoms with Crippen LogP contribution in [0.1, 0.15) is 30.9 Å². The quantitative estimate of drug-likeness (QED) is 0.398. The largest absolute Gasteiger partial charge is 0.284 e. The van der Waals surface area contributed by atoms with Crippen molar-refractivity contribution in [1.29, 1.82) is 0 Å². The molecule has 1 atom stereocenters. The molecule has 0 bridgehead atoms. The molecular weight excluding hydrogens is 376 g/mol. The molecule has 0 radical (unpaired) electrons. The number of thioether (sulfide) groups is 1. The number of nitro groups is 1. The molecule has 144 valence electrons. The summed E-state index contributed by atoms with van der Waals surface area (Å²) in [5.74, 6) is 0.0417. The van der Waals surface area contributed by atoms with Crippen molar-refractivity contribution in [2.45, 2.75) is 31.6 Å². The number of nitro benzene ring substituents is 1. The highest BCUT2D eigenvalue weighted by atomic mass is 32.2. The molecule has 2 aromatic carbocycles. The second-order valence-electron chi connectivity index (χ2n) is 6.28. The highest BCUT2D eigenvalue weighted by Crippen LogP contribution is 2.31. The highest BCUT2D eigenvalue weighted by Gasteiger charge is 2.37. The first-order valence-electron chi connectivity index (χ1n) is 8.96. The number of non-ortho nitro benzene ring substituents is 1. The number of carbonyl (C=O) groups excluding carboxylic acids is 1. The maximum absolute atomic E-state index is 12.8. The van der Waals surface area contributed by atoms with Crippen LogP contribution in [0.4, 0.5) is 5.69 Å². The Morgan fingerprint density at radius 1 is 1.21 bits per heavy atom. The average molecular weight is 396 g/mol. The minimum absolute atomic E-state index is 0.00395. The summed E-state index contributed by atoms with van der Waals surface area (Å²) in [7, 11) is 0. The molecular formula is C20H20N4O3S. The third-order valence-electron chi connectivity index (χ3n) is 4.19. The number of hydrogen-bond acceptors (Lipinski definition) is 6. The summed E-state index contributed by atoms with van der Waals surface area (Å²) in [6.07, 6.45) is 3.15. The molecule has 1 fully saturated rings. The lowest BCUT2D eigenvalue weighted by Gasteiger charge is -2.15. The molecule has 28 heavy (non-hydrogen) atoms. The van der Waals surface area contributed by atoms with Gasteiger partial charge in [0.1, 0.15) is 0 Å². The maximum Gasteiger partial charge on any atom is 0.270 e. The molecule has 0 spiro atoms. The summed E-state index contributed by atoms with van der Waals surface area (Å²) in [4.78, 5) is 24.8. The summed E-state index contributed by atoms with van der Waals surface area (Å²) < 4.78 is 0. The van der Waals surface area contributed by atoms with Crippen LogP contribution < -0.4 is 0 Å². The fourth-order valence-electron chi connectivity index (χ4n) is 2.81. The lowest BCUT2D eigenvalue weighted by Crippen LogP contribution is -2.31. The standard InChI is InChI=1S/C20H20N4O3S/c1-2-7-18-19(25)23(14-15-8-4-3-5-9-15)20(28-18)22-21-13-16-10-6-11-17(12-16)24(26)27/h3-6,8-13,18H,2,7,14H2,1H3/b21-13-,22-20-/t18-/m0/s1. The lowest BCUT2D eigenvalue weighted by molar-refractivity contribution is -0.384. The SMILES string of the molecule is CCC[C@@H]1S/C(=N\N=C/c2cccc([N+](=O)[O-])c2)N(Cc2ccccc2)C1=O. The average Bonchev–Trinajstić information content (AvgIpc) is 2.98. The molecule has 1 amide bonds. The zero-order chi connectivity index (χ0) is 19.9. The Balaban J connectivity index is 1.81. The monoisotopic (exact) mass is 396 g/mol. The van der Waals surface area contributed by atoms with E-state index in [-0.39, 0.29) is 16.8 Å². The van der Waals surface area contributed by atoms with Crippen molar-refractivity contribution in [3.63, 3.8) is 0 Å². The fourth-order valence-corrected chi connectivity index (χ4v) is 4.02. The Labute approximate surface area is 167 Å². The third-order valence-corrected chi connectivity index (χ3v) is 5.42. The molecule has 0 aliphatic carbocycles. The van der Waals surface area contributed by atoms with E-state index in [2.05, 4.69) is 10.2 Å². The van der Waals surface area contributed by atoms with Gasteiger partial charge in [-0.3, -0.25) is 19.8 Å². The summed E-state index contributed by atoms with van der Waals surface area (Å²) in [5, 5.41) is 19.6. The number of benzene rings is 2. The van der Waals surface area contributed by atoms with Crippen LogP contribution in [0.2, 0.25) is 0 Å². The Kier molecular flexibility index (Phi) is 6.54. The van der Waals surface area contributed by atoms with Gasteiger partial charge in [-0.1, -0.05) is 67.6 Å². The van der Waals surface area contributed by atoms with E-state index in [0.29, 0.717) is 17.3 Å². The van der Waals surface area contributed by atoms with Crippen LogP contribution in [0.5, 0.6) is 0 Å². The van der Waals surface area contributed by atoms with Crippen LogP contribution >= 0.6 is 11.8 Å². The number of amidine groups is 1. The van der Waals surface area contributed by atoms with Gasteiger partial charge in [0.25, 0.3) is 5.69 Å². The summed E-state index contributed by atoms with van der Waals surface area (Å²) in [6.45, 7) is 2.49. The molecule has 0 saturated carbocycles. The maximum atomic E-state index is 12.8. The van der Waals surface area contributed by atoms with Crippen molar-refractivity contribution in [1.82, 2.24) is 4.90 Å². The molecule has 0 N–H and O–H groups in total. The predicted octanol–water partition coefficient (Wildman–Crippen LogP) is 4.23. The zero-order valence-electron chi connectivity index (χ0n) is 15.4. The first-order valence-corrected chi connectivity index (χ1v) is 9.84. The van der Waals surface area contributed by atoms with Gasteiger partial charge in [0.15, 0.2) is 5.17 Å². The first kappa shape index (κ1) is 19.8. The van der Waals surface area contributed by atoms with Gasteiger partial charge in [0.05, 0.1) is 22.9 Å². The van der Waals surface area contributed by atoms with Gasteiger partial charge in [-0.15, -0.1) is 5.10 Å². The van der Waals surface area contributed by atoms with Crippen LogP contribution in [0.3, 0.4) is 0 Å². The Hall–Kier alpha value is -3.00. The number of hydrogen-bond donors (Lipinski definition) is 0. The van der Waals surface area contributed by atoms with E-state index in [4.69, 9.17) is 0 Å². The van der Waals surface area contributed by atoms with E-state index in [0.717, 1.165) is 18.4 Å². The van der Waals surface area contributed by atoms with Crippen LogP contribution in [-0.4, -0.2) is 32.4 Å². The highest BCUT2D eigenvalue weighted by molar-refractivity contribution is 8.15. The van der Waals surface area contributed by atoms with E-state index in [9.17, 15) is 14.9 Å². The van der Waals surface area contributed by atoms with Crippen molar-refractivity contribution in [3.8, 4) is 0 Å². The minimum atomic E-state index is -0.453. The minimum Gasteiger partial charge on any atom is -0.284 e. The first-order chi connectivity index (χ1) is 13.6. The van der Waals surface area contributed by atoms with E-state index < -0.39 is 4.92 Å². The van der Waals surface area contributed by atoms with Crippen LogP contribution in [0.25, 0.3) is 0 Å². The molecule has 3 rings (SSSR count). The smallest absolute Gasteiger partial charge is 0.270 e.